The molecule has 0 amide bonds. The fourth-order valence-electron chi connectivity index (χ4n) is 5.25. The smallest absolute Gasteiger partial charge is 0.337 e. The highest BCUT2D eigenvalue weighted by Gasteiger charge is 2.42. The number of allylic oxidation sites excluding steroid dienone is 3. The lowest BCUT2D eigenvalue weighted by Gasteiger charge is -2.37. The topological polar surface area (TPSA) is 83.1 Å². The molecule has 2 aromatic carbocycles. The summed E-state index contributed by atoms with van der Waals surface area (Å²) in [6, 6.07) is 13.4. The lowest BCUT2D eigenvalue weighted by atomic mass is 9.71. The van der Waals surface area contributed by atoms with Gasteiger partial charge in [0.25, 0.3) is 0 Å². The Morgan fingerprint density at radius 1 is 1.03 bits per heavy atom. The summed E-state index contributed by atoms with van der Waals surface area (Å²) in [6.07, 6.45) is 0.644. The van der Waals surface area contributed by atoms with E-state index in [1.54, 1.807) is 14.2 Å². The standard InChI is InChI=1S/C30H35NO6/c1-7-36-24-11-9-8-10-21(24)28-27(30(33)37-17(2)3)18(4)31-22-14-20(15-23(32)29(22)28)19-12-13-25(34-5)26(16-19)35-6/h8-13,16-17,20,28,31H,7,14-15H2,1-6H3/t20-,28+/m1/s1. The Kier molecular flexibility index (Phi) is 7.91. The van der Waals surface area contributed by atoms with Gasteiger partial charge in [-0.2, -0.15) is 0 Å². The third-order valence-electron chi connectivity index (χ3n) is 6.80. The van der Waals surface area contributed by atoms with Crippen molar-refractivity contribution in [3.8, 4) is 17.2 Å². The molecule has 2 aliphatic rings. The summed E-state index contributed by atoms with van der Waals surface area (Å²) in [5, 5.41) is 3.40. The minimum atomic E-state index is -0.580. The maximum atomic E-state index is 13.9. The van der Waals surface area contributed by atoms with Gasteiger partial charge in [-0.3, -0.25) is 4.79 Å². The Balaban J connectivity index is 1.81. The molecule has 7 nitrogen and oxygen atoms in total. The number of methoxy groups -OCH3 is 2. The van der Waals surface area contributed by atoms with Crippen molar-refractivity contribution in [3.63, 3.8) is 0 Å². The Labute approximate surface area is 218 Å². The second-order valence-corrected chi connectivity index (χ2v) is 9.56. The third-order valence-corrected chi connectivity index (χ3v) is 6.80. The van der Waals surface area contributed by atoms with E-state index in [-0.39, 0.29) is 17.8 Å². The first-order valence-corrected chi connectivity index (χ1v) is 12.7. The molecule has 0 spiro atoms. The van der Waals surface area contributed by atoms with Crippen LogP contribution in [-0.4, -0.2) is 38.7 Å². The van der Waals surface area contributed by atoms with Crippen LogP contribution in [0.15, 0.2) is 65.0 Å². The molecule has 37 heavy (non-hydrogen) atoms. The van der Waals surface area contributed by atoms with Crippen molar-refractivity contribution in [1.29, 1.82) is 0 Å². The second kappa shape index (κ2) is 11.1. The molecule has 1 heterocycles. The van der Waals surface area contributed by atoms with E-state index in [1.165, 1.54) is 0 Å². The molecule has 0 fully saturated rings. The number of rotatable bonds is 8. The predicted octanol–water partition coefficient (Wildman–Crippen LogP) is 5.42. The van der Waals surface area contributed by atoms with Crippen molar-refractivity contribution in [2.45, 2.75) is 58.5 Å². The number of Topliss-reactive ketones (excluding diaryl/α,β-unsaturated/α-hetero) is 1. The summed E-state index contributed by atoms with van der Waals surface area (Å²) in [5.41, 5.74) is 4.33. The van der Waals surface area contributed by atoms with Crippen molar-refractivity contribution in [2.75, 3.05) is 20.8 Å². The number of para-hydroxylation sites is 1. The van der Waals surface area contributed by atoms with Crippen molar-refractivity contribution in [3.05, 3.63) is 76.1 Å². The average Bonchev–Trinajstić information content (AvgIpc) is 2.87. The Bertz CT molecular complexity index is 1260. The first kappa shape index (κ1) is 26.3. The molecule has 0 saturated heterocycles. The summed E-state index contributed by atoms with van der Waals surface area (Å²) in [5.74, 6) is 0.861. The van der Waals surface area contributed by atoms with E-state index in [0.29, 0.717) is 53.5 Å². The summed E-state index contributed by atoms with van der Waals surface area (Å²) >= 11 is 0. The number of dihydropyridines is 1. The molecule has 2 aromatic rings. The van der Waals surface area contributed by atoms with Gasteiger partial charge in [-0.15, -0.1) is 0 Å². The van der Waals surface area contributed by atoms with Crippen molar-refractivity contribution in [2.24, 2.45) is 0 Å². The van der Waals surface area contributed by atoms with Crippen LogP contribution in [0.1, 0.15) is 63.5 Å². The van der Waals surface area contributed by atoms with Crippen LogP contribution < -0.4 is 19.5 Å². The van der Waals surface area contributed by atoms with Crippen LogP contribution in [0.5, 0.6) is 17.2 Å². The first-order chi connectivity index (χ1) is 17.8. The molecular weight excluding hydrogens is 470 g/mol. The van der Waals surface area contributed by atoms with E-state index in [1.807, 2.05) is 70.2 Å². The summed E-state index contributed by atoms with van der Waals surface area (Å²) < 4.78 is 22.4. The number of benzene rings is 2. The molecule has 196 valence electrons. The zero-order valence-electron chi connectivity index (χ0n) is 22.3. The monoisotopic (exact) mass is 505 g/mol. The zero-order valence-corrected chi connectivity index (χ0v) is 22.3. The molecular formula is C30H35NO6. The van der Waals surface area contributed by atoms with Crippen LogP contribution in [0.3, 0.4) is 0 Å². The van der Waals surface area contributed by atoms with E-state index >= 15 is 0 Å². The quantitative estimate of drug-likeness (QED) is 0.480. The van der Waals surface area contributed by atoms with E-state index < -0.39 is 11.9 Å². The lowest BCUT2D eigenvalue weighted by Crippen LogP contribution is -2.36. The maximum Gasteiger partial charge on any atom is 0.337 e. The number of nitrogens with one attached hydrogen (secondary N) is 1. The Morgan fingerprint density at radius 2 is 1.76 bits per heavy atom. The van der Waals surface area contributed by atoms with Gasteiger partial charge in [0.1, 0.15) is 5.75 Å². The van der Waals surface area contributed by atoms with E-state index in [4.69, 9.17) is 18.9 Å². The number of carbonyl (C=O) groups is 2. The molecule has 0 aromatic heterocycles. The fraction of sp³-hybridized carbons (Fsp3) is 0.400. The first-order valence-electron chi connectivity index (χ1n) is 12.7. The van der Waals surface area contributed by atoms with E-state index in [2.05, 4.69) is 5.32 Å². The van der Waals surface area contributed by atoms with Gasteiger partial charge < -0.3 is 24.3 Å². The van der Waals surface area contributed by atoms with Gasteiger partial charge in [0, 0.05) is 29.0 Å². The zero-order chi connectivity index (χ0) is 26.7. The molecule has 0 bridgehead atoms. The second-order valence-electron chi connectivity index (χ2n) is 9.56. The molecule has 1 N–H and O–H groups in total. The SMILES string of the molecule is CCOc1ccccc1[C@H]1C(C(=O)OC(C)C)=C(C)NC2=C1C(=O)C[C@H](c1ccc(OC)c(OC)c1)C2. The van der Waals surface area contributed by atoms with Gasteiger partial charge in [0.05, 0.1) is 38.4 Å². The molecule has 0 radical (unpaired) electrons. The normalized spacial score (nSPS) is 19.4. The van der Waals surface area contributed by atoms with Crippen LogP contribution >= 0.6 is 0 Å². The van der Waals surface area contributed by atoms with Crippen molar-refractivity contribution >= 4 is 11.8 Å². The fourth-order valence-corrected chi connectivity index (χ4v) is 5.25. The summed E-state index contributed by atoms with van der Waals surface area (Å²) in [7, 11) is 3.20. The van der Waals surface area contributed by atoms with Gasteiger partial charge in [0.2, 0.25) is 0 Å². The van der Waals surface area contributed by atoms with Gasteiger partial charge in [-0.25, -0.2) is 4.79 Å². The predicted molar refractivity (Wildman–Crippen MR) is 141 cm³/mol. The number of hydrogen-bond donors (Lipinski definition) is 1. The Hall–Kier alpha value is -3.74. The molecule has 2 atom stereocenters. The number of hydrogen-bond acceptors (Lipinski definition) is 7. The van der Waals surface area contributed by atoms with Gasteiger partial charge in [-0.05, 0) is 63.8 Å². The Morgan fingerprint density at radius 3 is 2.43 bits per heavy atom. The van der Waals surface area contributed by atoms with Crippen LogP contribution in [0, 0.1) is 0 Å². The largest absolute Gasteiger partial charge is 0.494 e. The number of ether oxygens (including phenoxy) is 4. The summed E-state index contributed by atoms with van der Waals surface area (Å²) in [6.45, 7) is 7.88. The number of ketones is 1. The number of esters is 1. The molecule has 0 unspecified atom stereocenters. The van der Waals surface area contributed by atoms with Crippen LogP contribution in [0.25, 0.3) is 0 Å². The van der Waals surface area contributed by atoms with E-state index in [9.17, 15) is 9.59 Å². The minimum Gasteiger partial charge on any atom is -0.494 e. The highest BCUT2D eigenvalue weighted by atomic mass is 16.5. The molecule has 4 rings (SSSR count). The minimum absolute atomic E-state index is 0.00724. The van der Waals surface area contributed by atoms with Gasteiger partial charge in [0.15, 0.2) is 17.3 Å². The van der Waals surface area contributed by atoms with Gasteiger partial charge >= 0.3 is 5.97 Å². The van der Waals surface area contributed by atoms with Crippen LogP contribution in [-0.2, 0) is 14.3 Å². The maximum absolute atomic E-state index is 13.9. The van der Waals surface area contributed by atoms with Crippen LogP contribution in [0.4, 0.5) is 0 Å². The molecule has 1 aliphatic heterocycles. The van der Waals surface area contributed by atoms with Crippen molar-refractivity contribution < 1.29 is 28.5 Å². The highest BCUT2D eigenvalue weighted by Crippen LogP contribution is 2.48. The lowest BCUT2D eigenvalue weighted by molar-refractivity contribution is -0.143. The third kappa shape index (κ3) is 5.22. The van der Waals surface area contributed by atoms with Gasteiger partial charge in [-0.1, -0.05) is 24.3 Å². The summed E-state index contributed by atoms with van der Waals surface area (Å²) in [4.78, 5) is 27.2. The highest BCUT2D eigenvalue weighted by molar-refractivity contribution is 6.04. The van der Waals surface area contributed by atoms with Crippen LogP contribution in [0.2, 0.25) is 0 Å². The van der Waals surface area contributed by atoms with E-state index in [0.717, 1.165) is 16.8 Å². The average molecular weight is 506 g/mol. The number of carbonyl (C=O) groups excluding carboxylic acids is 2. The molecule has 1 aliphatic carbocycles. The van der Waals surface area contributed by atoms with Crippen molar-refractivity contribution in [1.82, 2.24) is 5.32 Å². The molecule has 0 saturated carbocycles. The molecule has 7 heteroatoms.